The highest BCUT2D eigenvalue weighted by atomic mass is 35.5. The number of hydrogen-bond acceptors (Lipinski definition) is 4. The zero-order chi connectivity index (χ0) is 19.2. The van der Waals surface area contributed by atoms with Gasteiger partial charge in [-0.1, -0.05) is 29.8 Å². The van der Waals surface area contributed by atoms with E-state index in [4.69, 9.17) is 16.3 Å². The molecule has 0 saturated heterocycles. The van der Waals surface area contributed by atoms with Gasteiger partial charge in [0.05, 0.1) is 11.5 Å². The molecule has 26 heavy (non-hydrogen) atoms. The minimum atomic E-state index is -3.75. The van der Waals surface area contributed by atoms with Gasteiger partial charge in [0.15, 0.2) is 0 Å². The van der Waals surface area contributed by atoms with Crippen molar-refractivity contribution in [3.05, 3.63) is 64.2 Å². The van der Waals surface area contributed by atoms with Crippen molar-refractivity contribution in [3.63, 3.8) is 0 Å². The van der Waals surface area contributed by atoms with Gasteiger partial charge in [-0.3, -0.25) is 4.79 Å². The molecule has 2 rings (SSSR count). The molecule has 0 atom stereocenters. The molecule has 0 aromatic heterocycles. The topological polar surface area (TPSA) is 84.5 Å². The average Bonchev–Trinajstić information content (AvgIpc) is 2.61. The third-order valence-corrected chi connectivity index (χ3v) is 5.39. The first kappa shape index (κ1) is 20.4. The van der Waals surface area contributed by atoms with Gasteiger partial charge in [0, 0.05) is 30.8 Å². The number of hydrogen-bond donors (Lipinski definition) is 2. The summed E-state index contributed by atoms with van der Waals surface area (Å²) >= 11 is 5.82. The van der Waals surface area contributed by atoms with Gasteiger partial charge in [-0.25, -0.2) is 13.1 Å². The lowest BCUT2D eigenvalue weighted by atomic mass is 10.1. The molecular formula is C18H21ClN2O4S. The van der Waals surface area contributed by atoms with E-state index in [1.54, 1.807) is 37.3 Å². The number of halogens is 1. The number of carbonyl (C=O) groups is 1. The molecule has 0 aliphatic heterocycles. The number of sulfonamides is 1. The number of ether oxygens (including phenoxy) is 1. The molecule has 0 spiro atoms. The van der Waals surface area contributed by atoms with Crippen LogP contribution in [0.3, 0.4) is 0 Å². The van der Waals surface area contributed by atoms with Crippen LogP contribution < -0.4 is 10.0 Å². The predicted octanol–water partition coefficient (Wildman–Crippen LogP) is 2.50. The molecule has 0 unspecified atom stereocenters. The SMILES string of the molecule is COCCNC(=O)c1cc(S(=O)(=O)NCc2ccc(Cl)cc2)ccc1C. The van der Waals surface area contributed by atoms with Crippen molar-refractivity contribution < 1.29 is 17.9 Å². The van der Waals surface area contributed by atoms with Crippen molar-refractivity contribution in [3.8, 4) is 0 Å². The van der Waals surface area contributed by atoms with Crippen LogP contribution in [0.25, 0.3) is 0 Å². The predicted molar refractivity (Wildman–Crippen MR) is 101 cm³/mol. The van der Waals surface area contributed by atoms with Crippen LogP contribution in [0, 0.1) is 6.92 Å². The van der Waals surface area contributed by atoms with Gasteiger partial charge in [-0.05, 0) is 42.3 Å². The van der Waals surface area contributed by atoms with Crippen molar-refractivity contribution in [2.24, 2.45) is 0 Å². The minimum Gasteiger partial charge on any atom is -0.383 e. The average molecular weight is 397 g/mol. The van der Waals surface area contributed by atoms with Crippen LogP contribution >= 0.6 is 11.6 Å². The first-order valence-corrected chi connectivity index (χ1v) is 9.81. The molecule has 0 saturated carbocycles. The highest BCUT2D eigenvalue weighted by molar-refractivity contribution is 7.89. The summed E-state index contributed by atoms with van der Waals surface area (Å²) in [6, 6.07) is 11.3. The normalized spacial score (nSPS) is 11.3. The number of amides is 1. The molecule has 2 aromatic carbocycles. The zero-order valence-electron chi connectivity index (χ0n) is 14.6. The molecule has 0 radical (unpaired) electrons. The number of carbonyl (C=O) groups excluding carboxylic acids is 1. The highest BCUT2D eigenvalue weighted by Gasteiger charge is 2.18. The summed E-state index contributed by atoms with van der Waals surface area (Å²) in [6.07, 6.45) is 0. The van der Waals surface area contributed by atoms with Gasteiger partial charge in [-0.15, -0.1) is 0 Å². The number of nitrogens with one attached hydrogen (secondary N) is 2. The van der Waals surface area contributed by atoms with E-state index < -0.39 is 10.0 Å². The lowest BCUT2D eigenvalue weighted by Crippen LogP contribution is -2.28. The van der Waals surface area contributed by atoms with Gasteiger partial charge in [0.2, 0.25) is 10.0 Å². The fourth-order valence-electron chi connectivity index (χ4n) is 2.24. The smallest absolute Gasteiger partial charge is 0.251 e. The Kier molecular flexibility index (Phi) is 7.16. The van der Waals surface area contributed by atoms with Gasteiger partial charge < -0.3 is 10.1 Å². The van der Waals surface area contributed by atoms with Crippen LogP contribution in [0.1, 0.15) is 21.5 Å². The van der Waals surface area contributed by atoms with Gasteiger partial charge in [0.1, 0.15) is 0 Å². The molecule has 2 N–H and O–H groups in total. The van der Waals surface area contributed by atoms with Crippen LogP contribution in [0.5, 0.6) is 0 Å². The number of methoxy groups -OCH3 is 1. The van der Waals surface area contributed by atoms with Crippen LogP contribution in [-0.2, 0) is 21.3 Å². The maximum Gasteiger partial charge on any atom is 0.251 e. The standard InChI is InChI=1S/C18H21ClN2O4S/c1-13-3-8-16(11-17(13)18(22)20-9-10-25-2)26(23,24)21-12-14-4-6-15(19)7-5-14/h3-8,11,21H,9-10,12H2,1-2H3,(H,20,22). The van der Waals surface area contributed by atoms with Gasteiger partial charge >= 0.3 is 0 Å². The van der Waals surface area contributed by atoms with E-state index in [0.29, 0.717) is 29.3 Å². The van der Waals surface area contributed by atoms with E-state index in [2.05, 4.69) is 10.0 Å². The van der Waals surface area contributed by atoms with E-state index in [1.165, 1.54) is 19.2 Å². The second-order valence-electron chi connectivity index (χ2n) is 5.68. The quantitative estimate of drug-likeness (QED) is 0.671. The summed E-state index contributed by atoms with van der Waals surface area (Å²) < 4.78 is 32.5. The Morgan fingerprint density at radius 1 is 1.15 bits per heavy atom. The van der Waals surface area contributed by atoms with Crippen molar-refractivity contribution in [2.45, 2.75) is 18.4 Å². The summed E-state index contributed by atoms with van der Waals surface area (Å²) in [4.78, 5) is 12.3. The molecule has 0 fully saturated rings. The highest BCUT2D eigenvalue weighted by Crippen LogP contribution is 2.16. The van der Waals surface area contributed by atoms with Gasteiger partial charge in [0.25, 0.3) is 5.91 Å². The third-order valence-electron chi connectivity index (χ3n) is 3.74. The molecule has 0 bridgehead atoms. The van der Waals surface area contributed by atoms with E-state index in [1.807, 2.05) is 0 Å². The van der Waals surface area contributed by atoms with Crippen LogP contribution in [0.15, 0.2) is 47.4 Å². The maximum absolute atomic E-state index is 12.5. The second-order valence-corrected chi connectivity index (χ2v) is 7.88. The van der Waals surface area contributed by atoms with Crippen molar-refractivity contribution in [2.75, 3.05) is 20.3 Å². The Bertz CT molecular complexity index is 867. The first-order valence-electron chi connectivity index (χ1n) is 7.95. The molecule has 8 heteroatoms. The second kappa shape index (κ2) is 9.14. The van der Waals surface area contributed by atoms with Crippen molar-refractivity contribution in [1.29, 1.82) is 0 Å². The molecule has 6 nitrogen and oxygen atoms in total. The minimum absolute atomic E-state index is 0.0361. The summed E-state index contributed by atoms with van der Waals surface area (Å²) in [6.45, 7) is 2.61. The molecule has 2 aromatic rings. The summed E-state index contributed by atoms with van der Waals surface area (Å²) in [5, 5.41) is 3.27. The van der Waals surface area contributed by atoms with Gasteiger partial charge in [-0.2, -0.15) is 0 Å². The molecular weight excluding hydrogens is 376 g/mol. The van der Waals surface area contributed by atoms with E-state index >= 15 is 0 Å². The first-order chi connectivity index (χ1) is 12.3. The Balaban J connectivity index is 2.14. The molecule has 0 aliphatic rings. The molecule has 0 heterocycles. The molecule has 140 valence electrons. The fourth-order valence-corrected chi connectivity index (χ4v) is 3.41. The van der Waals surface area contributed by atoms with E-state index in [-0.39, 0.29) is 17.3 Å². The largest absolute Gasteiger partial charge is 0.383 e. The van der Waals surface area contributed by atoms with Crippen LogP contribution in [-0.4, -0.2) is 34.6 Å². The van der Waals surface area contributed by atoms with E-state index in [9.17, 15) is 13.2 Å². The number of aryl methyl sites for hydroxylation is 1. The summed E-state index contributed by atoms with van der Waals surface area (Å²) in [7, 11) is -2.22. The van der Waals surface area contributed by atoms with Crippen LogP contribution in [0.2, 0.25) is 5.02 Å². The zero-order valence-corrected chi connectivity index (χ0v) is 16.2. The summed E-state index contributed by atoms with van der Waals surface area (Å²) in [5.74, 6) is -0.339. The van der Waals surface area contributed by atoms with Crippen molar-refractivity contribution in [1.82, 2.24) is 10.0 Å². The molecule has 1 amide bonds. The number of rotatable bonds is 8. The third kappa shape index (κ3) is 5.54. The van der Waals surface area contributed by atoms with E-state index in [0.717, 1.165) is 5.56 Å². The Labute approximate surface area is 158 Å². The van der Waals surface area contributed by atoms with Crippen LogP contribution in [0.4, 0.5) is 0 Å². The Morgan fingerprint density at radius 2 is 1.85 bits per heavy atom. The Hall–Kier alpha value is -1.93. The lowest BCUT2D eigenvalue weighted by Gasteiger charge is -2.11. The fraction of sp³-hybridized carbons (Fsp3) is 0.278. The lowest BCUT2D eigenvalue weighted by molar-refractivity contribution is 0.0936. The number of benzene rings is 2. The summed E-state index contributed by atoms with van der Waals surface area (Å²) in [5.41, 5.74) is 1.79. The monoisotopic (exact) mass is 396 g/mol. The maximum atomic E-state index is 12.5. The molecule has 0 aliphatic carbocycles. The Morgan fingerprint density at radius 3 is 2.50 bits per heavy atom. The van der Waals surface area contributed by atoms with Crippen molar-refractivity contribution >= 4 is 27.5 Å².